The maximum Gasteiger partial charge on any atom is 0.0963 e. The molecule has 3 heteroatoms. The van der Waals surface area contributed by atoms with Gasteiger partial charge in [-0.25, -0.2) is 0 Å². The van der Waals surface area contributed by atoms with Crippen LogP contribution in [0.1, 0.15) is 35.9 Å². The molecule has 0 saturated carbocycles. The normalized spacial score (nSPS) is 20.6. The largest absolute Gasteiger partial charge is 0.387 e. The molecular weight excluding hydrogens is 194 g/mol. The van der Waals surface area contributed by atoms with E-state index in [9.17, 15) is 5.11 Å². The highest BCUT2D eigenvalue weighted by Gasteiger charge is 2.22. The highest BCUT2D eigenvalue weighted by molar-refractivity contribution is 7.98. The molecule has 0 radical (unpaired) electrons. The van der Waals surface area contributed by atoms with Crippen molar-refractivity contribution in [1.82, 2.24) is 4.98 Å². The molecule has 0 saturated heterocycles. The summed E-state index contributed by atoms with van der Waals surface area (Å²) < 4.78 is 0. The summed E-state index contributed by atoms with van der Waals surface area (Å²) in [7, 11) is 0. The average molecular weight is 209 g/mol. The first-order chi connectivity index (χ1) is 6.72. The highest BCUT2D eigenvalue weighted by Crippen LogP contribution is 2.34. The summed E-state index contributed by atoms with van der Waals surface area (Å²) in [6, 6.07) is 2.11. The summed E-state index contributed by atoms with van der Waals surface area (Å²) in [6.45, 7) is 1.99. The summed E-state index contributed by atoms with van der Waals surface area (Å²) in [5.41, 5.74) is 3.19. The van der Waals surface area contributed by atoms with Crippen LogP contribution in [0.4, 0.5) is 0 Å². The van der Waals surface area contributed by atoms with Crippen molar-refractivity contribution in [1.29, 1.82) is 0 Å². The fourth-order valence-electron chi connectivity index (χ4n) is 2.01. The predicted molar refractivity (Wildman–Crippen MR) is 58.7 cm³/mol. The second-order valence-corrected chi connectivity index (χ2v) is 4.59. The van der Waals surface area contributed by atoms with Crippen LogP contribution >= 0.6 is 11.8 Å². The molecule has 0 bridgehead atoms. The van der Waals surface area contributed by atoms with Crippen LogP contribution in [0.2, 0.25) is 0 Å². The molecule has 1 atom stereocenters. The minimum Gasteiger partial charge on any atom is -0.387 e. The van der Waals surface area contributed by atoms with Gasteiger partial charge in [-0.15, -0.1) is 11.8 Å². The quantitative estimate of drug-likeness (QED) is 0.721. The summed E-state index contributed by atoms with van der Waals surface area (Å²) in [4.78, 5) is 5.72. The van der Waals surface area contributed by atoms with Crippen molar-refractivity contribution in [2.45, 2.75) is 37.2 Å². The topological polar surface area (TPSA) is 33.1 Å². The monoisotopic (exact) mass is 209 g/mol. The molecular formula is C11H15NOS. The zero-order valence-corrected chi connectivity index (χ0v) is 9.40. The van der Waals surface area contributed by atoms with Crippen LogP contribution in [0, 0.1) is 6.92 Å². The van der Waals surface area contributed by atoms with Gasteiger partial charge in [-0.1, -0.05) is 0 Å². The number of pyridine rings is 1. The van der Waals surface area contributed by atoms with Gasteiger partial charge in [0.25, 0.3) is 0 Å². The van der Waals surface area contributed by atoms with Gasteiger partial charge < -0.3 is 5.11 Å². The van der Waals surface area contributed by atoms with E-state index in [4.69, 9.17) is 0 Å². The van der Waals surface area contributed by atoms with Crippen molar-refractivity contribution in [3.05, 3.63) is 23.0 Å². The number of aryl methyl sites for hydroxylation is 1. The Morgan fingerprint density at radius 3 is 3.07 bits per heavy atom. The van der Waals surface area contributed by atoms with Crippen molar-refractivity contribution in [3.8, 4) is 0 Å². The molecule has 1 N–H and O–H groups in total. The number of aliphatic hydroxyl groups is 1. The van der Waals surface area contributed by atoms with Gasteiger partial charge in [-0.05, 0) is 44.1 Å². The van der Waals surface area contributed by atoms with Crippen LogP contribution in [0.25, 0.3) is 0 Å². The van der Waals surface area contributed by atoms with E-state index < -0.39 is 0 Å². The van der Waals surface area contributed by atoms with E-state index in [1.165, 1.54) is 10.5 Å². The first-order valence-corrected chi connectivity index (χ1v) is 6.17. The van der Waals surface area contributed by atoms with Gasteiger partial charge in [0.1, 0.15) is 0 Å². The molecule has 14 heavy (non-hydrogen) atoms. The molecule has 1 aliphatic rings. The second kappa shape index (κ2) is 3.91. The Morgan fingerprint density at radius 1 is 1.57 bits per heavy atom. The number of fused-ring (bicyclic) bond motifs is 1. The summed E-state index contributed by atoms with van der Waals surface area (Å²) >= 11 is 1.75. The minimum absolute atomic E-state index is 0.343. The zero-order valence-electron chi connectivity index (χ0n) is 8.58. The van der Waals surface area contributed by atoms with Crippen LogP contribution in [-0.4, -0.2) is 16.3 Å². The lowest BCUT2D eigenvalue weighted by Crippen LogP contribution is -2.13. The summed E-state index contributed by atoms with van der Waals surface area (Å²) in [5, 5.41) is 9.83. The Kier molecular flexibility index (Phi) is 2.79. The third-order valence-corrected chi connectivity index (χ3v) is 3.49. The van der Waals surface area contributed by atoms with Crippen LogP contribution in [-0.2, 0) is 6.42 Å². The van der Waals surface area contributed by atoms with Crippen LogP contribution in [0.15, 0.2) is 11.0 Å². The highest BCUT2D eigenvalue weighted by atomic mass is 32.2. The third-order valence-electron chi connectivity index (χ3n) is 2.68. The van der Waals surface area contributed by atoms with Crippen molar-refractivity contribution in [3.63, 3.8) is 0 Å². The molecule has 0 amide bonds. The van der Waals surface area contributed by atoms with Crippen LogP contribution in [0.5, 0.6) is 0 Å². The molecule has 1 unspecified atom stereocenters. The lowest BCUT2D eigenvalue weighted by Gasteiger charge is -2.22. The number of thioether (sulfide) groups is 1. The van der Waals surface area contributed by atoms with Crippen molar-refractivity contribution in [2.75, 3.05) is 6.26 Å². The van der Waals surface area contributed by atoms with Crippen molar-refractivity contribution >= 4 is 11.8 Å². The van der Waals surface area contributed by atoms with E-state index in [2.05, 4.69) is 17.3 Å². The standard InChI is InChI=1S/C11H15NOS/c1-7-6-10(14-2)8-4-3-5-9(13)11(8)12-7/h6,9,13H,3-5H2,1-2H3. The number of rotatable bonds is 1. The van der Waals surface area contributed by atoms with Crippen molar-refractivity contribution < 1.29 is 5.11 Å². The van der Waals surface area contributed by atoms with E-state index in [1.807, 2.05) is 6.92 Å². The van der Waals surface area contributed by atoms with Gasteiger partial charge in [0, 0.05) is 10.6 Å². The number of hydrogen-bond acceptors (Lipinski definition) is 3. The Labute approximate surface area is 88.8 Å². The molecule has 1 aromatic heterocycles. The van der Waals surface area contributed by atoms with E-state index in [-0.39, 0.29) is 6.10 Å². The molecule has 2 nitrogen and oxygen atoms in total. The molecule has 76 valence electrons. The molecule has 0 aromatic carbocycles. The smallest absolute Gasteiger partial charge is 0.0963 e. The Hall–Kier alpha value is -0.540. The molecule has 0 fully saturated rings. The molecule has 0 spiro atoms. The van der Waals surface area contributed by atoms with Gasteiger partial charge in [0.05, 0.1) is 11.8 Å². The van der Waals surface area contributed by atoms with Crippen molar-refractivity contribution in [2.24, 2.45) is 0 Å². The Morgan fingerprint density at radius 2 is 2.36 bits per heavy atom. The number of aliphatic hydroxyl groups excluding tert-OH is 1. The first kappa shape index (κ1) is 9.99. The van der Waals surface area contributed by atoms with Gasteiger partial charge >= 0.3 is 0 Å². The van der Waals surface area contributed by atoms with Crippen LogP contribution in [0.3, 0.4) is 0 Å². The minimum atomic E-state index is -0.343. The van der Waals surface area contributed by atoms with E-state index in [0.29, 0.717) is 0 Å². The van der Waals surface area contributed by atoms with E-state index in [1.54, 1.807) is 11.8 Å². The second-order valence-electron chi connectivity index (χ2n) is 3.74. The number of hydrogen-bond donors (Lipinski definition) is 1. The van der Waals surface area contributed by atoms with Gasteiger partial charge in [0.15, 0.2) is 0 Å². The van der Waals surface area contributed by atoms with E-state index >= 15 is 0 Å². The number of aromatic nitrogens is 1. The maximum atomic E-state index is 9.83. The van der Waals surface area contributed by atoms with E-state index in [0.717, 1.165) is 30.7 Å². The third kappa shape index (κ3) is 1.66. The number of nitrogens with zero attached hydrogens (tertiary/aromatic N) is 1. The summed E-state index contributed by atoms with van der Waals surface area (Å²) in [5.74, 6) is 0. The van der Waals surface area contributed by atoms with Gasteiger partial charge in [-0.3, -0.25) is 4.98 Å². The molecule has 2 rings (SSSR count). The molecule has 1 aliphatic carbocycles. The zero-order chi connectivity index (χ0) is 10.1. The Bertz CT molecular complexity index is 351. The molecule has 0 aliphatic heterocycles. The first-order valence-electron chi connectivity index (χ1n) is 4.95. The molecule has 1 aromatic rings. The lowest BCUT2D eigenvalue weighted by atomic mass is 9.93. The lowest BCUT2D eigenvalue weighted by molar-refractivity contribution is 0.150. The predicted octanol–water partition coefficient (Wildman–Crippen LogP) is 2.48. The average Bonchev–Trinajstić information content (AvgIpc) is 2.18. The maximum absolute atomic E-state index is 9.83. The van der Waals surface area contributed by atoms with Crippen LogP contribution < -0.4 is 0 Å². The SMILES string of the molecule is CSc1cc(C)nc2c1CCCC2O. The summed E-state index contributed by atoms with van der Waals surface area (Å²) in [6.07, 6.45) is 4.74. The Balaban J connectivity index is 2.54. The van der Waals surface area contributed by atoms with Gasteiger partial charge in [0.2, 0.25) is 0 Å². The molecule has 1 heterocycles. The van der Waals surface area contributed by atoms with Gasteiger partial charge in [-0.2, -0.15) is 0 Å². The fraction of sp³-hybridized carbons (Fsp3) is 0.545. The fourth-order valence-corrected chi connectivity index (χ4v) is 2.75.